The number of carbonyl (C=O) groups excluding carboxylic acids is 1. The Hall–Kier alpha value is -3.47. The fraction of sp³-hybridized carbons (Fsp3) is 0.125. The fourth-order valence-electron chi connectivity index (χ4n) is 3.35. The summed E-state index contributed by atoms with van der Waals surface area (Å²) >= 11 is 1.15. The number of nitrogens with zero attached hydrogens (tertiary/aromatic N) is 2. The third kappa shape index (κ3) is 5.36. The number of amides is 1. The molecule has 1 unspecified atom stereocenters. The van der Waals surface area contributed by atoms with E-state index in [0.717, 1.165) is 17.3 Å². The van der Waals surface area contributed by atoms with E-state index in [2.05, 4.69) is 10.3 Å². The van der Waals surface area contributed by atoms with Crippen LogP contribution in [0.3, 0.4) is 0 Å². The number of para-hydroxylation sites is 1. The van der Waals surface area contributed by atoms with Crippen molar-refractivity contribution < 1.29 is 13.2 Å². The topological polar surface area (TPSA) is 124 Å². The van der Waals surface area contributed by atoms with Crippen LogP contribution in [0.1, 0.15) is 12.5 Å². The number of hydrogen-bond acceptors (Lipinski definition) is 6. The maximum absolute atomic E-state index is 13.3. The van der Waals surface area contributed by atoms with Gasteiger partial charge < -0.3 is 5.32 Å². The number of nitrogens with two attached hydrogens (primary N) is 1. The van der Waals surface area contributed by atoms with Gasteiger partial charge >= 0.3 is 0 Å². The zero-order chi connectivity index (χ0) is 24.3. The van der Waals surface area contributed by atoms with Gasteiger partial charge in [-0.05, 0) is 42.8 Å². The smallest absolute Gasteiger partial charge is 0.262 e. The lowest BCUT2D eigenvalue weighted by atomic mass is 10.2. The molecule has 10 heteroatoms. The standard InChI is InChI=1S/C24H22N4O4S2/c1-16(22(29)26-18-10-7-11-19(14-18)34(25,31)32)33-24-27-21-13-6-5-12-20(21)23(30)28(24)15-17-8-3-2-4-9-17/h2-14,16H,15H2,1H3,(H,26,29)(H2,25,31,32). The van der Waals surface area contributed by atoms with E-state index in [1.165, 1.54) is 18.2 Å². The van der Waals surface area contributed by atoms with Crippen molar-refractivity contribution in [1.29, 1.82) is 0 Å². The van der Waals surface area contributed by atoms with Crippen LogP contribution in [0.15, 0.2) is 93.7 Å². The lowest BCUT2D eigenvalue weighted by Gasteiger charge is -2.17. The number of carbonyl (C=O) groups is 1. The van der Waals surface area contributed by atoms with Gasteiger partial charge in [-0.25, -0.2) is 18.5 Å². The van der Waals surface area contributed by atoms with Crippen molar-refractivity contribution in [3.8, 4) is 0 Å². The molecule has 0 aliphatic carbocycles. The van der Waals surface area contributed by atoms with Crippen molar-refractivity contribution in [2.24, 2.45) is 5.14 Å². The van der Waals surface area contributed by atoms with Crippen molar-refractivity contribution in [3.63, 3.8) is 0 Å². The Kier molecular flexibility index (Phi) is 6.82. The van der Waals surface area contributed by atoms with Crippen molar-refractivity contribution >= 4 is 44.3 Å². The molecule has 8 nitrogen and oxygen atoms in total. The maximum Gasteiger partial charge on any atom is 0.262 e. The molecule has 0 aliphatic heterocycles. The molecule has 34 heavy (non-hydrogen) atoms. The zero-order valence-corrected chi connectivity index (χ0v) is 19.8. The van der Waals surface area contributed by atoms with E-state index in [4.69, 9.17) is 5.14 Å². The number of hydrogen-bond donors (Lipinski definition) is 2. The Bertz CT molecular complexity index is 1520. The summed E-state index contributed by atoms with van der Waals surface area (Å²) in [5, 5.41) is 8.15. The molecule has 0 fully saturated rings. The number of thioether (sulfide) groups is 1. The molecule has 0 saturated heterocycles. The zero-order valence-electron chi connectivity index (χ0n) is 18.2. The third-order valence-corrected chi connectivity index (χ3v) is 7.09. The largest absolute Gasteiger partial charge is 0.325 e. The predicted octanol–water partition coefficient (Wildman–Crippen LogP) is 3.21. The molecule has 0 aliphatic rings. The number of primary sulfonamides is 1. The third-order valence-electron chi connectivity index (χ3n) is 5.09. The summed E-state index contributed by atoms with van der Waals surface area (Å²) < 4.78 is 24.7. The van der Waals surface area contributed by atoms with Crippen LogP contribution >= 0.6 is 11.8 Å². The van der Waals surface area contributed by atoms with Gasteiger partial charge in [0, 0.05) is 5.69 Å². The Morgan fingerprint density at radius 3 is 2.50 bits per heavy atom. The van der Waals surface area contributed by atoms with Crippen LogP contribution in [-0.4, -0.2) is 29.1 Å². The highest BCUT2D eigenvalue weighted by Gasteiger charge is 2.20. The summed E-state index contributed by atoms with van der Waals surface area (Å²) in [6.07, 6.45) is 0. The molecule has 3 aromatic carbocycles. The maximum atomic E-state index is 13.3. The molecule has 4 aromatic rings. The number of benzene rings is 3. The van der Waals surface area contributed by atoms with Crippen molar-refractivity contribution in [2.45, 2.75) is 28.8 Å². The SMILES string of the molecule is CC(Sc1nc2ccccc2c(=O)n1Cc1ccccc1)C(=O)Nc1cccc(S(N)(=O)=O)c1. The van der Waals surface area contributed by atoms with Gasteiger partial charge in [0.15, 0.2) is 5.16 Å². The monoisotopic (exact) mass is 494 g/mol. The van der Waals surface area contributed by atoms with Crippen LogP contribution in [0.5, 0.6) is 0 Å². The lowest BCUT2D eigenvalue weighted by molar-refractivity contribution is -0.115. The predicted molar refractivity (Wildman–Crippen MR) is 133 cm³/mol. The van der Waals surface area contributed by atoms with Gasteiger partial charge in [-0.2, -0.15) is 0 Å². The van der Waals surface area contributed by atoms with Crippen LogP contribution in [0.2, 0.25) is 0 Å². The minimum absolute atomic E-state index is 0.0986. The summed E-state index contributed by atoms with van der Waals surface area (Å²) in [6, 6.07) is 22.3. The van der Waals surface area contributed by atoms with Gasteiger partial charge in [-0.3, -0.25) is 14.2 Å². The second-order valence-corrected chi connectivity index (χ2v) is 10.5. The highest BCUT2D eigenvalue weighted by atomic mass is 32.2. The van der Waals surface area contributed by atoms with Gasteiger partial charge in [0.25, 0.3) is 5.56 Å². The van der Waals surface area contributed by atoms with Gasteiger partial charge in [0.05, 0.1) is 27.6 Å². The number of nitrogens with one attached hydrogen (secondary N) is 1. The molecule has 1 heterocycles. The number of anilines is 1. The number of rotatable bonds is 7. The summed E-state index contributed by atoms with van der Waals surface area (Å²) in [4.78, 5) is 30.7. The van der Waals surface area contributed by atoms with E-state index in [1.54, 1.807) is 41.8 Å². The molecule has 1 atom stereocenters. The van der Waals surface area contributed by atoms with Crippen LogP contribution in [0.25, 0.3) is 10.9 Å². The first-order valence-electron chi connectivity index (χ1n) is 10.4. The summed E-state index contributed by atoms with van der Waals surface area (Å²) in [5.74, 6) is -0.370. The minimum Gasteiger partial charge on any atom is -0.325 e. The van der Waals surface area contributed by atoms with E-state index in [-0.39, 0.29) is 16.4 Å². The van der Waals surface area contributed by atoms with Gasteiger partial charge in [0.2, 0.25) is 15.9 Å². The summed E-state index contributed by atoms with van der Waals surface area (Å²) in [6.45, 7) is 2.00. The van der Waals surface area contributed by atoms with Gasteiger partial charge in [0.1, 0.15) is 0 Å². The number of fused-ring (bicyclic) bond motifs is 1. The first-order valence-corrected chi connectivity index (χ1v) is 12.8. The number of sulfonamides is 1. The summed E-state index contributed by atoms with van der Waals surface area (Å²) in [5.41, 5.74) is 1.59. The first-order chi connectivity index (χ1) is 16.2. The number of aromatic nitrogens is 2. The average Bonchev–Trinajstić information content (AvgIpc) is 2.82. The van der Waals surface area contributed by atoms with Crippen molar-refractivity contribution in [2.75, 3.05) is 5.32 Å². The first kappa shape index (κ1) is 23.7. The quantitative estimate of drug-likeness (QED) is 0.300. The fourth-order valence-corrected chi connectivity index (χ4v) is 4.82. The molecule has 0 bridgehead atoms. The highest BCUT2D eigenvalue weighted by molar-refractivity contribution is 8.00. The summed E-state index contributed by atoms with van der Waals surface area (Å²) in [7, 11) is -3.90. The van der Waals surface area contributed by atoms with Crippen LogP contribution in [-0.2, 0) is 21.4 Å². The van der Waals surface area contributed by atoms with E-state index in [9.17, 15) is 18.0 Å². The normalized spacial score (nSPS) is 12.4. The van der Waals surface area contributed by atoms with Gasteiger partial charge in [-0.15, -0.1) is 0 Å². The lowest BCUT2D eigenvalue weighted by Crippen LogP contribution is -2.27. The van der Waals surface area contributed by atoms with E-state index < -0.39 is 15.3 Å². The Balaban J connectivity index is 1.63. The van der Waals surface area contributed by atoms with E-state index >= 15 is 0 Å². The molecule has 1 amide bonds. The second kappa shape index (κ2) is 9.80. The van der Waals surface area contributed by atoms with Crippen LogP contribution in [0.4, 0.5) is 5.69 Å². The molecule has 4 rings (SSSR count). The van der Waals surface area contributed by atoms with Crippen LogP contribution < -0.4 is 16.0 Å². The Morgan fingerprint density at radius 2 is 1.76 bits per heavy atom. The van der Waals surface area contributed by atoms with Gasteiger partial charge in [-0.1, -0.05) is 60.3 Å². The molecule has 3 N–H and O–H groups in total. The average molecular weight is 495 g/mol. The van der Waals surface area contributed by atoms with E-state index in [0.29, 0.717) is 28.3 Å². The molecular formula is C24H22N4O4S2. The highest BCUT2D eigenvalue weighted by Crippen LogP contribution is 2.25. The second-order valence-electron chi connectivity index (χ2n) is 7.61. The van der Waals surface area contributed by atoms with E-state index in [1.807, 2.05) is 30.3 Å². The molecule has 174 valence electrons. The Labute approximate surface area is 200 Å². The van der Waals surface area contributed by atoms with Crippen molar-refractivity contribution in [3.05, 3.63) is 94.8 Å². The van der Waals surface area contributed by atoms with Crippen molar-refractivity contribution in [1.82, 2.24) is 9.55 Å². The molecule has 0 saturated carbocycles. The molecular weight excluding hydrogens is 472 g/mol. The molecule has 0 radical (unpaired) electrons. The Morgan fingerprint density at radius 1 is 1.06 bits per heavy atom. The molecule has 0 spiro atoms. The minimum atomic E-state index is -3.90. The molecule has 1 aromatic heterocycles. The van der Waals surface area contributed by atoms with Crippen LogP contribution in [0, 0.1) is 0 Å².